The lowest BCUT2D eigenvalue weighted by Gasteiger charge is -2.34. The molecule has 0 bridgehead atoms. The Morgan fingerprint density at radius 1 is 1.08 bits per heavy atom. The molecule has 1 aliphatic heterocycles. The predicted molar refractivity (Wildman–Crippen MR) is 105 cm³/mol. The van der Waals surface area contributed by atoms with Crippen LogP contribution >= 0.6 is 23.8 Å². The van der Waals surface area contributed by atoms with Crippen LogP contribution in [0.3, 0.4) is 0 Å². The number of amides is 1. The molecular formula is C20H15ClN2OS. The molecule has 1 N–H and O–H groups in total. The summed E-state index contributed by atoms with van der Waals surface area (Å²) < 4.78 is 0. The van der Waals surface area contributed by atoms with E-state index in [2.05, 4.69) is 22.4 Å². The van der Waals surface area contributed by atoms with Crippen LogP contribution in [0.25, 0.3) is 5.57 Å². The van der Waals surface area contributed by atoms with Crippen LogP contribution in [0.2, 0.25) is 5.02 Å². The number of carbonyl (C=O) groups excluding carboxylic acids is 1. The van der Waals surface area contributed by atoms with Crippen LogP contribution in [-0.4, -0.2) is 16.7 Å². The van der Waals surface area contributed by atoms with Gasteiger partial charge < -0.3 is 5.32 Å². The lowest BCUT2D eigenvalue weighted by atomic mass is 9.72. The average Bonchev–Trinajstić information content (AvgIpc) is 2.62. The highest BCUT2D eigenvalue weighted by Crippen LogP contribution is 2.41. The Morgan fingerprint density at radius 2 is 1.80 bits per heavy atom. The third-order valence-electron chi connectivity index (χ3n) is 4.67. The Bertz CT molecular complexity index is 903. The van der Waals surface area contributed by atoms with Gasteiger partial charge in [-0.05, 0) is 53.5 Å². The van der Waals surface area contributed by atoms with Crippen LogP contribution in [0, 0.1) is 5.92 Å². The molecule has 1 aliphatic carbocycles. The van der Waals surface area contributed by atoms with Crippen LogP contribution in [0.4, 0.5) is 0 Å². The molecule has 25 heavy (non-hydrogen) atoms. The van der Waals surface area contributed by atoms with Gasteiger partial charge in [-0.25, -0.2) is 4.99 Å². The molecule has 2 atom stereocenters. The number of thiocarbonyl (C=S) groups is 1. The standard InChI is InChI=1S/C20H15ClN2OS/c21-15-8-6-13(7-9-15)16-10-14(12-4-2-1-3-5-12)11-17-18(16)19(24)23-20(25)22-17/h1-9,11,16,18H,10H2,(H,23,24,25). The second-order valence-corrected chi connectivity index (χ2v) is 7.03. The molecule has 0 fully saturated rings. The fourth-order valence-electron chi connectivity index (χ4n) is 3.51. The molecule has 0 saturated heterocycles. The van der Waals surface area contributed by atoms with Gasteiger partial charge in [0.05, 0.1) is 11.6 Å². The average molecular weight is 367 g/mol. The number of hydrogen-bond acceptors (Lipinski definition) is 2. The first kappa shape index (κ1) is 16.2. The number of rotatable bonds is 2. The van der Waals surface area contributed by atoms with Crippen molar-refractivity contribution in [2.24, 2.45) is 10.9 Å². The molecule has 0 radical (unpaired) electrons. The number of benzene rings is 2. The van der Waals surface area contributed by atoms with Gasteiger partial charge in [-0.1, -0.05) is 54.1 Å². The Balaban J connectivity index is 1.82. The van der Waals surface area contributed by atoms with Crippen molar-refractivity contribution < 1.29 is 4.79 Å². The van der Waals surface area contributed by atoms with Gasteiger partial charge in [0.25, 0.3) is 0 Å². The van der Waals surface area contributed by atoms with Gasteiger partial charge in [0.1, 0.15) is 0 Å². The van der Waals surface area contributed by atoms with Crippen LogP contribution < -0.4 is 5.32 Å². The van der Waals surface area contributed by atoms with Gasteiger partial charge in [0.2, 0.25) is 5.91 Å². The van der Waals surface area contributed by atoms with Gasteiger partial charge in [0, 0.05) is 10.9 Å². The number of fused-ring (bicyclic) bond motifs is 1. The molecule has 0 saturated carbocycles. The van der Waals surface area contributed by atoms with Gasteiger partial charge >= 0.3 is 0 Å². The number of aliphatic imine (C=N–C) groups is 1. The van der Waals surface area contributed by atoms with Gasteiger partial charge in [0.15, 0.2) is 5.11 Å². The van der Waals surface area contributed by atoms with Crippen molar-refractivity contribution >= 4 is 46.1 Å². The maximum atomic E-state index is 12.6. The Kier molecular flexibility index (Phi) is 4.24. The van der Waals surface area contributed by atoms with Gasteiger partial charge in [-0.15, -0.1) is 0 Å². The second kappa shape index (κ2) is 6.54. The first-order valence-corrected chi connectivity index (χ1v) is 8.85. The first-order chi connectivity index (χ1) is 12.1. The molecule has 2 aliphatic rings. The number of carbonyl (C=O) groups is 1. The molecule has 124 valence electrons. The fourth-order valence-corrected chi connectivity index (χ4v) is 3.84. The van der Waals surface area contributed by atoms with Crippen molar-refractivity contribution in [1.29, 1.82) is 0 Å². The van der Waals surface area contributed by atoms with E-state index in [1.807, 2.05) is 48.5 Å². The summed E-state index contributed by atoms with van der Waals surface area (Å²) in [5, 5.41) is 3.61. The number of nitrogens with zero attached hydrogens (tertiary/aromatic N) is 1. The van der Waals surface area contributed by atoms with Crippen molar-refractivity contribution in [3.8, 4) is 0 Å². The zero-order chi connectivity index (χ0) is 17.4. The van der Waals surface area contributed by atoms with Crippen molar-refractivity contribution in [2.45, 2.75) is 12.3 Å². The maximum absolute atomic E-state index is 12.6. The highest BCUT2D eigenvalue weighted by atomic mass is 35.5. The van der Waals surface area contributed by atoms with E-state index in [9.17, 15) is 4.79 Å². The van der Waals surface area contributed by atoms with Crippen molar-refractivity contribution in [3.05, 3.63) is 76.8 Å². The van der Waals surface area contributed by atoms with Gasteiger partial charge in [-0.2, -0.15) is 0 Å². The largest absolute Gasteiger partial charge is 0.301 e. The fraction of sp³-hybridized carbons (Fsp3) is 0.150. The molecule has 1 heterocycles. The third kappa shape index (κ3) is 3.15. The Hall–Kier alpha value is -2.30. The summed E-state index contributed by atoms with van der Waals surface area (Å²) in [6.45, 7) is 0. The van der Waals surface area contributed by atoms with E-state index in [1.165, 1.54) is 0 Å². The second-order valence-electron chi connectivity index (χ2n) is 6.21. The zero-order valence-electron chi connectivity index (χ0n) is 13.3. The Morgan fingerprint density at radius 3 is 2.52 bits per heavy atom. The van der Waals surface area contributed by atoms with Crippen LogP contribution in [-0.2, 0) is 4.79 Å². The normalized spacial score (nSPS) is 22.6. The summed E-state index contributed by atoms with van der Waals surface area (Å²) >= 11 is 11.1. The molecule has 0 aromatic heterocycles. The SMILES string of the molecule is O=C1NC(=S)N=C2C=C(c3ccccc3)CC(c3ccc(Cl)cc3)C12. The first-order valence-electron chi connectivity index (χ1n) is 8.07. The van der Waals surface area contributed by atoms with E-state index in [1.54, 1.807) is 0 Å². The van der Waals surface area contributed by atoms with Crippen molar-refractivity contribution in [3.63, 3.8) is 0 Å². The third-order valence-corrected chi connectivity index (χ3v) is 5.11. The molecule has 3 nitrogen and oxygen atoms in total. The number of hydrogen-bond donors (Lipinski definition) is 1. The smallest absolute Gasteiger partial charge is 0.235 e. The van der Waals surface area contributed by atoms with E-state index in [-0.39, 0.29) is 22.9 Å². The monoisotopic (exact) mass is 366 g/mol. The minimum Gasteiger partial charge on any atom is -0.301 e. The van der Waals surface area contributed by atoms with E-state index in [4.69, 9.17) is 23.8 Å². The number of nitrogens with one attached hydrogen (secondary N) is 1. The van der Waals surface area contributed by atoms with Gasteiger partial charge in [-0.3, -0.25) is 4.79 Å². The van der Waals surface area contributed by atoms with E-state index in [0.29, 0.717) is 5.02 Å². The number of allylic oxidation sites excluding steroid dienone is 2. The predicted octanol–water partition coefficient (Wildman–Crippen LogP) is 4.38. The highest BCUT2D eigenvalue weighted by Gasteiger charge is 2.39. The van der Waals surface area contributed by atoms with E-state index < -0.39 is 0 Å². The molecule has 0 spiro atoms. The molecule has 2 unspecified atom stereocenters. The van der Waals surface area contributed by atoms with Crippen LogP contribution in [0.15, 0.2) is 65.7 Å². The van der Waals surface area contributed by atoms with E-state index >= 15 is 0 Å². The quantitative estimate of drug-likeness (QED) is 0.801. The summed E-state index contributed by atoms with van der Waals surface area (Å²) in [5.74, 6) is -0.419. The zero-order valence-corrected chi connectivity index (χ0v) is 14.8. The van der Waals surface area contributed by atoms with E-state index in [0.717, 1.165) is 28.8 Å². The van der Waals surface area contributed by atoms with Crippen LogP contribution in [0.1, 0.15) is 23.5 Å². The highest BCUT2D eigenvalue weighted by molar-refractivity contribution is 7.80. The number of halogens is 1. The lowest BCUT2D eigenvalue weighted by Crippen LogP contribution is -2.46. The summed E-state index contributed by atoms with van der Waals surface area (Å²) in [5.41, 5.74) is 4.11. The maximum Gasteiger partial charge on any atom is 0.235 e. The summed E-state index contributed by atoms with van der Waals surface area (Å²) in [4.78, 5) is 17.0. The Labute approximate surface area is 156 Å². The molecule has 2 aromatic rings. The van der Waals surface area contributed by atoms with Crippen molar-refractivity contribution in [2.75, 3.05) is 0 Å². The minimum atomic E-state index is -0.333. The summed E-state index contributed by atoms with van der Waals surface area (Å²) in [7, 11) is 0. The molecule has 1 amide bonds. The molecule has 5 heteroatoms. The topological polar surface area (TPSA) is 41.5 Å². The minimum absolute atomic E-state index is 0.000627. The molecule has 4 rings (SSSR count). The summed E-state index contributed by atoms with van der Waals surface area (Å²) in [6.07, 6.45) is 2.77. The molecular weight excluding hydrogens is 352 g/mol. The lowest BCUT2D eigenvalue weighted by molar-refractivity contribution is -0.122. The van der Waals surface area contributed by atoms with Crippen molar-refractivity contribution in [1.82, 2.24) is 5.32 Å². The molecule has 2 aromatic carbocycles. The summed E-state index contributed by atoms with van der Waals surface area (Å²) in [6, 6.07) is 17.9. The van der Waals surface area contributed by atoms with Crippen LogP contribution in [0.5, 0.6) is 0 Å².